The molecule has 1 fully saturated rings. The van der Waals surface area contributed by atoms with Crippen molar-refractivity contribution in [1.82, 2.24) is 5.32 Å². The molecule has 102 valence electrons. The van der Waals surface area contributed by atoms with Crippen LogP contribution in [0.4, 0.5) is 0 Å². The molecule has 17 heavy (non-hydrogen) atoms. The molecule has 1 rings (SSSR count). The smallest absolute Gasteiger partial charge is 0.00953 e. The highest BCUT2D eigenvalue weighted by Gasteiger charge is 2.26. The predicted molar refractivity (Wildman–Crippen MR) is 77.3 cm³/mol. The highest BCUT2D eigenvalue weighted by Crippen LogP contribution is 2.29. The molecule has 1 aliphatic rings. The first-order valence-corrected chi connectivity index (χ1v) is 7.92. The highest BCUT2D eigenvalue weighted by molar-refractivity contribution is 4.82. The van der Waals surface area contributed by atoms with Gasteiger partial charge in [-0.05, 0) is 37.1 Å². The largest absolute Gasteiger partial charge is 0.313 e. The Kier molecular flexibility index (Phi) is 7.18. The van der Waals surface area contributed by atoms with E-state index in [1.54, 1.807) is 0 Å². The zero-order chi connectivity index (χ0) is 12.7. The first-order chi connectivity index (χ1) is 8.19. The fraction of sp³-hybridized carbons (Fsp3) is 1.00. The third kappa shape index (κ3) is 4.99. The Morgan fingerprint density at radius 2 is 1.94 bits per heavy atom. The Hall–Kier alpha value is -0.0400. The van der Waals surface area contributed by atoms with Crippen LogP contribution in [0, 0.1) is 17.8 Å². The van der Waals surface area contributed by atoms with Gasteiger partial charge in [0.05, 0.1) is 0 Å². The van der Waals surface area contributed by atoms with E-state index in [1.165, 1.54) is 51.5 Å². The Morgan fingerprint density at radius 3 is 2.59 bits per heavy atom. The molecule has 0 saturated heterocycles. The van der Waals surface area contributed by atoms with Gasteiger partial charge in [-0.25, -0.2) is 0 Å². The second kappa shape index (κ2) is 8.13. The predicted octanol–water partition coefficient (Wildman–Crippen LogP) is 4.62. The van der Waals surface area contributed by atoms with E-state index in [1.807, 2.05) is 0 Å². The van der Waals surface area contributed by atoms with Gasteiger partial charge in [0.1, 0.15) is 0 Å². The second-order valence-corrected chi connectivity index (χ2v) is 6.20. The molecular formula is C16H33N. The normalized spacial score (nSPS) is 31.4. The quantitative estimate of drug-likeness (QED) is 0.683. The van der Waals surface area contributed by atoms with Crippen molar-refractivity contribution in [2.75, 3.05) is 6.54 Å². The molecule has 0 spiro atoms. The van der Waals surface area contributed by atoms with Crippen LogP contribution >= 0.6 is 0 Å². The summed E-state index contributed by atoms with van der Waals surface area (Å²) in [5.41, 5.74) is 0. The second-order valence-electron chi connectivity index (χ2n) is 6.20. The van der Waals surface area contributed by atoms with Crippen molar-refractivity contribution in [3.8, 4) is 0 Å². The van der Waals surface area contributed by atoms with E-state index in [2.05, 4.69) is 33.0 Å². The summed E-state index contributed by atoms with van der Waals surface area (Å²) in [5.74, 6) is 2.68. The fourth-order valence-corrected chi connectivity index (χ4v) is 3.13. The summed E-state index contributed by atoms with van der Waals surface area (Å²) in [6, 6.07) is 0.787. The Balaban J connectivity index is 2.27. The van der Waals surface area contributed by atoms with E-state index in [0.717, 1.165) is 23.8 Å². The SMILES string of the molecule is CCCCC(CC)CNC1CCCC(C)C1C. The maximum absolute atomic E-state index is 3.86. The van der Waals surface area contributed by atoms with Gasteiger partial charge in [-0.3, -0.25) is 0 Å². The van der Waals surface area contributed by atoms with Crippen molar-refractivity contribution in [1.29, 1.82) is 0 Å². The third-order valence-corrected chi connectivity index (χ3v) is 4.92. The summed E-state index contributed by atoms with van der Waals surface area (Å²) >= 11 is 0. The molecule has 0 amide bonds. The lowest BCUT2D eigenvalue weighted by Crippen LogP contribution is -2.42. The van der Waals surface area contributed by atoms with Gasteiger partial charge in [-0.2, -0.15) is 0 Å². The number of rotatable bonds is 7. The molecule has 4 unspecified atom stereocenters. The zero-order valence-electron chi connectivity index (χ0n) is 12.5. The van der Waals surface area contributed by atoms with E-state index in [9.17, 15) is 0 Å². The van der Waals surface area contributed by atoms with Crippen LogP contribution < -0.4 is 5.32 Å². The lowest BCUT2D eigenvalue weighted by molar-refractivity contribution is 0.198. The van der Waals surface area contributed by atoms with Crippen LogP contribution in [-0.2, 0) is 0 Å². The van der Waals surface area contributed by atoms with Crippen molar-refractivity contribution < 1.29 is 0 Å². The first-order valence-electron chi connectivity index (χ1n) is 7.92. The molecule has 0 aromatic rings. The Morgan fingerprint density at radius 1 is 1.18 bits per heavy atom. The average molecular weight is 239 g/mol. The van der Waals surface area contributed by atoms with Crippen LogP contribution in [-0.4, -0.2) is 12.6 Å². The lowest BCUT2D eigenvalue weighted by Gasteiger charge is -2.35. The minimum atomic E-state index is 0.787. The van der Waals surface area contributed by atoms with Gasteiger partial charge in [0, 0.05) is 6.04 Å². The summed E-state index contributed by atoms with van der Waals surface area (Å²) in [6.07, 6.45) is 9.75. The van der Waals surface area contributed by atoms with Crippen LogP contribution in [0.2, 0.25) is 0 Å². The van der Waals surface area contributed by atoms with Gasteiger partial charge >= 0.3 is 0 Å². The van der Waals surface area contributed by atoms with Gasteiger partial charge in [-0.15, -0.1) is 0 Å². The standard InChI is InChI=1S/C16H33N/c1-5-7-10-15(6-2)12-17-16-11-8-9-13(3)14(16)4/h13-17H,5-12H2,1-4H3. The topological polar surface area (TPSA) is 12.0 Å². The van der Waals surface area contributed by atoms with Crippen LogP contribution in [0.15, 0.2) is 0 Å². The zero-order valence-corrected chi connectivity index (χ0v) is 12.5. The summed E-state index contributed by atoms with van der Waals surface area (Å²) in [6.45, 7) is 10.7. The third-order valence-electron chi connectivity index (χ3n) is 4.92. The molecule has 4 atom stereocenters. The molecule has 0 radical (unpaired) electrons. The Labute approximate surface area is 109 Å². The Bertz CT molecular complexity index is 190. The van der Waals surface area contributed by atoms with E-state index in [0.29, 0.717) is 0 Å². The number of unbranched alkanes of at least 4 members (excludes halogenated alkanes) is 1. The molecule has 0 aromatic carbocycles. The van der Waals surface area contributed by atoms with Gasteiger partial charge < -0.3 is 5.32 Å². The molecule has 1 N–H and O–H groups in total. The minimum absolute atomic E-state index is 0.787. The van der Waals surface area contributed by atoms with Crippen LogP contribution in [0.25, 0.3) is 0 Å². The maximum atomic E-state index is 3.86. The van der Waals surface area contributed by atoms with Gasteiger partial charge in [0.2, 0.25) is 0 Å². The van der Waals surface area contributed by atoms with Crippen LogP contribution in [0.5, 0.6) is 0 Å². The summed E-state index contributed by atoms with van der Waals surface area (Å²) < 4.78 is 0. The number of nitrogens with one attached hydrogen (secondary N) is 1. The molecule has 1 saturated carbocycles. The average Bonchev–Trinajstić information content (AvgIpc) is 2.34. The van der Waals surface area contributed by atoms with Gasteiger partial charge in [-0.1, -0.05) is 59.8 Å². The van der Waals surface area contributed by atoms with Crippen LogP contribution in [0.3, 0.4) is 0 Å². The fourth-order valence-electron chi connectivity index (χ4n) is 3.13. The van der Waals surface area contributed by atoms with Crippen molar-refractivity contribution in [2.24, 2.45) is 17.8 Å². The molecule has 0 bridgehead atoms. The maximum Gasteiger partial charge on any atom is 0.00953 e. The van der Waals surface area contributed by atoms with E-state index < -0.39 is 0 Å². The van der Waals surface area contributed by atoms with Crippen molar-refractivity contribution in [3.05, 3.63) is 0 Å². The van der Waals surface area contributed by atoms with E-state index in [4.69, 9.17) is 0 Å². The molecule has 0 aromatic heterocycles. The van der Waals surface area contributed by atoms with Crippen molar-refractivity contribution in [2.45, 2.75) is 78.7 Å². The molecule has 1 heteroatoms. The van der Waals surface area contributed by atoms with Crippen LogP contribution in [0.1, 0.15) is 72.6 Å². The molecular weight excluding hydrogens is 206 g/mol. The summed E-state index contributed by atoms with van der Waals surface area (Å²) in [4.78, 5) is 0. The molecule has 1 nitrogen and oxygen atoms in total. The number of hydrogen-bond acceptors (Lipinski definition) is 1. The minimum Gasteiger partial charge on any atom is -0.313 e. The van der Waals surface area contributed by atoms with Crippen molar-refractivity contribution in [3.63, 3.8) is 0 Å². The van der Waals surface area contributed by atoms with E-state index >= 15 is 0 Å². The molecule has 0 heterocycles. The monoisotopic (exact) mass is 239 g/mol. The van der Waals surface area contributed by atoms with E-state index in [-0.39, 0.29) is 0 Å². The first kappa shape index (κ1) is 15.0. The summed E-state index contributed by atoms with van der Waals surface area (Å²) in [7, 11) is 0. The highest BCUT2D eigenvalue weighted by atomic mass is 14.9. The van der Waals surface area contributed by atoms with Gasteiger partial charge in [0.15, 0.2) is 0 Å². The van der Waals surface area contributed by atoms with Crippen molar-refractivity contribution >= 4 is 0 Å². The number of hydrogen-bond donors (Lipinski definition) is 1. The molecule has 1 aliphatic carbocycles. The molecule has 0 aliphatic heterocycles. The lowest BCUT2D eigenvalue weighted by atomic mass is 9.78. The summed E-state index contributed by atoms with van der Waals surface area (Å²) in [5, 5.41) is 3.86. The van der Waals surface area contributed by atoms with Gasteiger partial charge in [0.25, 0.3) is 0 Å².